The van der Waals surface area contributed by atoms with Gasteiger partial charge in [0.25, 0.3) is 0 Å². The van der Waals surface area contributed by atoms with Crippen molar-refractivity contribution < 1.29 is 5.11 Å². The zero-order chi connectivity index (χ0) is 7.44. The molecule has 3 atom stereocenters. The molecule has 0 bridgehead atoms. The number of allylic oxidation sites excluding steroid dienone is 1. The Bertz CT molecular complexity index is 86.6. The molecular weight excluding hydrogens is 112 g/mol. The van der Waals surface area contributed by atoms with Crippen molar-refractivity contribution in [1.82, 2.24) is 0 Å². The second-order valence-corrected chi connectivity index (χ2v) is 2.69. The summed E-state index contributed by atoms with van der Waals surface area (Å²) in [6, 6.07) is 0. The normalized spacial score (nSPS) is 20.4. The number of hydrogen-bond donors (Lipinski definition) is 1. The van der Waals surface area contributed by atoms with Gasteiger partial charge >= 0.3 is 0 Å². The summed E-state index contributed by atoms with van der Waals surface area (Å²) >= 11 is 0. The van der Waals surface area contributed by atoms with E-state index in [4.69, 9.17) is 5.11 Å². The van der Waals surface area contributed by atoms with Crippen LogP contribution in [0.1, 0.15) is 20.8 Å². The van der Waals surface area contributed by atoms with Crippen molar-refractivity contribution in [2.75, 3.05) is 0 Å². The van der Waals surface area contributed by atoms with Gasteiger partial charge < -0.3 is 5.11 Å². The third kappa shape index (κ3) is 2.66. The fraction of sp³-hybridized carbons (Fsp3) is 0.750. The molecule has 0 spiro atoms. The highest BCUT2D eigenvalue weighted by atomic mass is 16.3. The number of aliphatic hydroxyl groups is 1. The first kappa shape index (κ1) is 8.70. The van der Waals surface area contributed by atoms with Crippen LogP contribution >= 0.6 is 0 Å². The van der Waals surface area contributed by atoms with Gasteiger partial charge in [0.2, 0.25) is 0 Å². The number of rotatable bonds is 3. The lowest BCUT2D eigenvalue weighted by molar-refractivity contribution is 0.116. The summed E-state index contributed by atoms with van der Waals surface area (Å²) in [6.07, 6.45) is 1.65. The lowest BCUT2D eigenvalue weighted by Gasteiger charge is -2.18. The maximum absolute atomic E-state index is 9.07. The Hall–Kier alpha value is -0.300. The summed E-state index contributed by atoms with van der Waals surface area (Å²) in [5, 5.41) is 9.07. The Balaban J connectivity index is 3.71. The van der Waals surface area contributed by atoms with Crippen molar-refractivity contribution in [1.29, 1.82) is 0 Å². The van der Waals surface area contributed by atoms with E-state index in [0.29, 0.717) is 11.8 Å². The molecule has 0 aliphatic carbocycles. The predicted molar refractivity (Wildman–Crippen MR) is 40.2 cm³/mol. The third-order valence-corrected chi connectivity index (χ3v) is 1.96. The van der Waals surface area contributed by atoms with Crippen molar-refractivity contribution in [3.8, 4) is 0 Å². The minimum atomic E-state index is -0.224. The van der Waals surface area contributed by atoms with Gasteiger partial charge in [-0.2, -0.15) is 0 Å². The zero-order valence-corrected chi connectivity index (χ0v) is 6.46. The molecule has 1 nitrogen and oxygen atoms in total. The molecule has 0 aromatic carbocycles. The molecule has 0 aliphatic heterocycles. The van der Waals surface area contributed by atoms with Gasteiger partial charge in [0.15, 0.2) is 0 Å². The van der Waals surface area contributed by atoms with E-state index in [1.54, 1.807) is 0 Å². The van der Waals surface area contributed by atoms with E-state index in [1.165, 1.54) is 0 Å². The lowest BCUT2D eigenvalue weighted by atomic mass is 9.92. The topological polar surface area (TPSA) is 20.2 Å². The van der Waals surface area contributed by atoms with E-state index in [1.807, 2.05) is 19.9 Å². The van der Waals surface area contributed by atoms with Gasteiger partial charge in [0.05, 0.1) is 6.10 Å². The monoisotopic (exact) mass is 128 g/mol. The van der Waals surface area contributed by atoms with E-state index < -0.39 is 0 Å². The molecule has 1 N–H and O–H groups in total. The van der Waals surface area contributed by atoms with Crippen LogP contribution in [0.3, 0.4) is 0 Å². The molecule has 0 amide bonds. The van der Waals surface area contributed by atoms with Crippen LogP contribution in [-0.4, -0.2) is 11.2 Å². The molecule has 0 saturated carbocycles. The van der Waals surface area contributed by atoms with Crippen LogP contribution in [0, 0.1) is 11.8 Å². The summed E-state index contributed by atoms with van der Waals surface area (Å²) in [5.74, 6) is 0.729. The molecule has 0 rings (SSSR count). The average Bonchev–Trinajstić information content (AvgIpc) is 1.84. The largest absolute Gasteiger partial charge is 0.393 e. The van der Waals surface area contributed by atoms with Crippen LogP contribution in [0.25, 0.3) is 0 Å². The molecule has 0 heterocycles. The minimum absolute atomic E-state index is 0.224. The maximum atomic E-state index is 9.07. The molecule has 1 heteroatoms. The second kappa shape index (κ2) is 3.67. The molecule has 0 saturated heterocycles. The van der Waals surface area contributed by atoms with Crippen LogP contribution in [0.15, 0.2) is 12.7 Å². The van der Waals surface area contributed by atoms with Gasteiger partial charge in [-0.15, -0.1) is 6.58 Å². The van der Waals surface area contributed by atoms with Crippen LogP contribution in [0.2, 0.25) is 0 Å². The van der Waals surface area contributed by atoms with Crippen LogP contribution in [0.4, 0.5) is 0 Å². The number of aliphatic hydroxyl groups excluding tert-OH is 1. The van der Waals surface area contributed by atoms with E-state index in [9.17, 15) is 0 Å². The molecular formula is C8H16O. The van der Waals surface area contributed by atoms with Crippen molar-refractivity contribution in [3.63, 3.8) is 0 Å². The summed E-state index contributed by atoms with van der Waals surface area (Å²) in [5.41, 5.74) is 0. The van der Waals surface area contributed by atoms with E-state index >= 15 is 0 Å². The molecule has 0 fully saturated rings. The van der Waals surface area contributed by atoms with Crippen molar-refractivity contribution in [2.45, 2.75) is 26.9 Å². The van der Waals surface area contributed by atoms with Gasteiger partial charge in [-0.3, -0.25) is 0 Å². The third-order valence-electron chi connectivity index (χ3n) is 1.96. The summed E-state index contributed by atoms with van der Waals surface area (Å²) < 4.78 is 0. The standard InChI is InChI=1S/C8H16O/c1-5-6(2)7(3)8(4)9/h5-9H,1H2,2-4H3/t6-,7-,8+/m0/s1. The van der Waals surface area contributed by atoms with Gasteiger partial charge in [-0.05, 0) is 18.8 Å². The summed E-state index contributed by atoms with van der Waals surface area (Å²) in [7, 11) is 0. The van der Waals surface area contributed by atoms with Crippen molar-refractivity contribution in [2.24, 2.45) is 11.8 Å². The van der Waals surface area contributed by atoms with Gasteiger partial charge in [0.1, 0.15) is 0 Å². The Morgan fingerprint density at radius 3 is 1.89 bits per heavy atom. The Morgan fingerprint density at radius 1 is 1.33 bits per heavy atom. The first-order valence-electron chi connectivity index (χ1n) is 3.40. The Kier molecular flexibility index (Phi) is 3.55. The average molecular weight is 128 g/mol. The molecule has 0 unspecified atom stereocenters. The van der Waals surface area contributed by atoms with E-state index in [2.05, 4.69) is 13.5 Å². The molecule has 0 aromatic rings. The first-order chi connectivity index (χ1) is 4.09. The van der Waals surface area contributed by atoms with Gasteiger partial charge in [-0.25, -0.2) is 0 Å². The highest BCUT2D eigenvalue weighted by molar-refractivity contribution is 4.81. The highest BCUT2D eigenvalue weighted by Crippen LogP contribution is 2.14. The van der Waals surface area contributed by atoms with Crippen molar-refractivity contribution >= 4 is 0 Å². The highest BCUT2D eigenvalue weighted by Gasteiger charge is 2.13. The smallest absolute Gasteiger partial charge is 0.0543 e. The molecule has 0 aliphatic rings. The first-order valence-corrected chi connectivity index (χ1v) is 3.40. The molecule has 0 radical (unpaired) electrons. The summed E-state index contributed by atoms with van der Waals surface area (Å²) in [4.78, 5) is 0. The predicted octanol–water partition coefficient (Wildman–Crippen LogP) is 1.83. The van der Waals surface area contributed by atoms with Crippen LogP contribution < -0.4 is 0 Å². The minimum Gasteiger partial charge on any atom is -0.393 e. The van der Waals surface area contributed by atoms with Crippen LogP contribution in [0.5, 0.6) is 0 Å². The molecule has 54 valence electrons. The van der Waals surface area contributed by atoms with Crippen molar-refractivity contribution in [3.05, 3.63) is 12.7 Å². The maximum Gasteiger partial charge on any atom is 0.0543 e. The quantitative estimate of drug-likeness (QED) is 0.575. The SMILES string of the molecule is C=C[C@H](C)[C@H](C)[C@@H](C)O. The van der Waals surface area contributed by atoms with Gasteiger partial charge in [-0.1, -0.05) is 19.9 Å². The summed E-state index contributed by atoms with van der Waals surface area (Å²) in [6.45, 7) is 9.55. The van der Waals surface area contributed by atoms with Crippen LogP contribution in [-0.2, 0) is 0 Å². The zero-order valence-electron chi connectivity index (χ0n) is 6.46. The fourth-order valence-corrected chi connectivity index (χ4v) is 0.654. The Labute approximate surface area is 57.4 Å². The van der Waals surface area contributed by atoms with E-state index in [0.717, 1.165) is 0 Å². The van der Waals surface area contributed by atoms with Gasteiger partial charge in [0, 0.05) is 0 Å². The van der Waals surface area contributed by atoms with E-state index in [-0.39, 0.29) is 6.10 Å². The molecule has 0 aromatic heterocycles. The number of hydrogen-bond acceptors (Lipinski definition) is 1. The fourth-order valence-electron chi connectivity index (χ4n) is 0.654. The Morgan fingerprint density at radius 2 is 1.78 bits per heavy atom. The molecule has 9 heavy (non-hydrogen) atoms. The lowest BCUT2D eigenvalue weighted by Crippen LogP contribution is -2.18. The second-order valence-electron chi connectivity index (χ2n) is 2.69.